The summed E-state index contributed by atoms with van der Waals surface area (Å²) in [6.45, 7) is 4.59. The van der Waals surface area contributed by atoms with E-state index in [2.05, 4.69) is 31.2 Å². The van der Waals surface area contributed by atoms with Crippen molar-refractivity contribution in [1.82, 2.24) is 0 Å². The number of rotatable bonds is 5. The standard InChI is InChI=1S/C14H18O2/c1-12-5-7-14(8-6-12)11-16-9-3-4-13(2)10-15/h3-9,15H,10-11H2,1-2H3/b9-3+,13-4+. The smallest absolute Gasteiger partial charge is 0.112 e. The van der Waals surface area contributed by atoms with Crippen LogP contribution in [0.2, 0.25) is 0 Å². The lowest BCUT2D eigenvalue weighted by molar-refractivity contribution is 0.236. The summed E-state index contributed by atoms with van der Waals surface area (Å²) < 4.78 is 5.35. The second-order valence-corrected chi connectivity index (χ2v) is 3.80. The number of aryl methyl sites for hydroxylation is 1. The van der Waals surface area contributed by atoms with E-state index >= 15 is 0 Å². The highest BCUT2D eigenvalue weighted by Gasteiger charge is 1.90. The molecule has 0 atom stereocenters. The number of aliphatic hydroxyl groups excluding tert-OH is 1. The Morgan fingerprint density at radius 1 is 1.31 bits per heavy atom. The first-order chi connectivity index (χ1) is 7.72. The molecule has 16 heavy (non-hydrogen) atoms. The maximum absolute atomic E-state index is 8.75. The Labute approximate surface area is 96.9 Å². The van der Waals surface area contributed by atoms with Crippen molar-refractivity contribution in [3.8, 4) is 0 Å². The molecule has 0 fully saturated rings. The van der Waals surface area contributed by atoms with Gasteiger partial charge in [-0.05, 0) is 31.1 Å². The molecule has 2 heteroatoms. The van der Waals surface area contributed by atoms with Gasteiger partial charge in [0.05, 0.1) is 12.9 Å². The van der Waals surface area contributed by atoms with E-state index in [0.29, 0.717) is 6.61 Å². The average Bonchev–Trinajstić information content (AvgIpc) is 2.31. The van der Waals surface area contributed by atoms with Gasteiger partial charge in [0.25, 0.3) is 0 Å². The summed E-state index contributed by atoms with van der Waals surface area (Å²) in [4.78, 5) is 0. The van der Waals surface area contributed by atoms with Gasteiger partial charge in [-0.25, -0.2) is 0 Å². The van der Waals surface area contributed by atoms with E-state index in [4.69, 9.17) is 9.84 Å². The molecule has 1 aromatic carbocycles. The molecule has 0 saturated heterocycles. The van der Waals surface area contributed by atoms with Crippen LogP contribution in [0.15, 0.2) is 48.3 Å². The highest BCUT2D eigenvalue weighted by Crippen LogP contribution is 2.04. The zero-order chi connectivity index (χ0) is 11.8. The Bertz CT molecular complexity index is 361. The van der Waals surface area contributed by atoms with Gasteiger partial charge in [0.1, 0.15) is 6.61 Å². The summed E-state index contributed by atoms with van der Waals surface area (Å²) in [6, 6.07) is 8.24. The van der Waals surface area contributed by atoms with Gasteiger partial charge in [-0.1, -0.05) is 35.9 Å². The van der Waals surface area contributed by atoms with E-state index in [1.165, 1.54) is 5.56 Å². The zero-order valence-corrected chi connectivity index (χ0v) is 9.81. The lowest BCUT2D eigenvalue weighted by Gasteiger charge is -2.01. The fraction of sp³-hybridized carbons (Fsp3) is 0.286. The first-order valence-electron chi connectivity index (χ1n) is 5.32. The second kappa shape index (κ2) is 6.85. The number of hydrogen-bond donors (Lipinski definition) is 1. The van der Waals surface area contributed by atoms with Crippen LogP contribution >= 0.6 is 0 Å². The van der Waals surface area contributed by atoms with Crippen molar-refractivity contribution >= 4 is 0 Å². The summed E-state index contributed by atoms with van der Waals surface area (Å²) in [7, 11) is 0. The predicted molar refractivity (Wildman–Crippen MR) is 66.0 cm³/mol. The van der Waals surface area contributed by atoms with E-state index in [9.17, 15) is 0 Å². The SMILES string of the molecule is C/C(=C\C=C\OCc1ccc(C)cc1)CO. The fourth-order valence-electron chi connectivity index (χ4n) is 1.14. The van der Waals surface area contributed by atoms with Crippen LogP contribution in [0.1, 0.15) is 18.1 Å². The summed E-state index contributed by atoms with van der Waals surface area (Å²) in [5.74, 6) is 0. The molecule has 0 heterocycles. The van der Waals surface area contributed by atoms with Gasteiger partial charge in [-0.15, -0.1) is 0 Å². The van der Waals surface area contributed by atoms with Crippen molar-refractivity contribution in [2.45, 2.75) is 20.5 Å². The van der Waals surface area contributed by atoms with E-state index in [-0.39, 0.29) is 6.61 Å². The molecule has 2 nitrogen and oxygen atoms in total. The topological polar surface area (TPSA) is 29.5 Å². The lowest BCUT2D eigenvalue weighted by atomic mass is 10.2. The van der Waals surface area contributed by atoms with E-state index in [0.717, 1.165) is 11.1 Å². The molecule has 0 spiro atoms. The quantitative estimate of drug-likeness (QED) is 0.608. The molecule has 1 N–H and O–H groups in total. The van der Waals surface area contributed by atoms with Crippen LogP contribution < -0.4 is 0 Å². The minimum atomic E-state index is 0.0856. The molecular weight excluding hydrogens is 200 g/mol. The van der Waals surface area contributed by atoms with E-state index in [1.54, 1.807) is 12.3 Å². The lowest BCUT2D eigenvalue weighted by Crippen LogP contribution is -1.86. The number of benzene rings is 1. The molecule has 86 valence electrons. The third-order valence-corrected chi connectivity index (χ3v) is 2.18. The molecule has 0 radical (unpaired) electrons. The van der Waals surface area contributed by atoms with Crippen molar-refractivity contribution < 1.29 is 9.84 Å². The Kier molecular flexibility index (Phi) is 5.37. The van der Waals surface area contributed by atoms with Gasteiger partial charge >= 0.3 is 0 Å². The Morgan fingerprint density at radius 2 is 2.00 bits per heavy atom. The van der Waals surface area contributed by atoms with Crippen molar-refractivity contribution in [3.63, 3.8) is 0 Å². The first-order valence-corrected chi connectivity index (χ1v) is 5.32. The van der Waals surface area contributed by atoms with Crippen LogP contribution in [0.25, 0.3) is 0 Å². The van der Waals surface area contributed by atoms with Gasteiger partial charge in [-0.3, -0.25) is 0 Å². The number of allylic oxidation sites excluding steroid dienone is 2. The number of hydrogen-bond acceptors (Lipinski definition) is 2. The van der Waals surface area contributed by atoms with Crippen LogP contribution in [0.3, 0.4) is 0 Å². The number of aliphatic hydroxyl groups is 1. The average molecular weight is 218 g/mol. The predicted octanol–water partition coefficient (Wildman–Crippen LogP) is 2.96. The summed E-state index contributed by atoms with van der Waals surface area (Å²) in [5.41, 5.74) is 3.31. The molecule has 0 unspecified atom stereocenters. The molecule has 0 aliphatic carbocycles. The van der Waals surface area contributed by atoms with Crippen molar-refractivity contribution in [1.29, 1.82) is 0 Å². The molecule has 0 saturated carbocycles. The van der Waals surface area contributed by atoms with Gasteiger partial charge in [0, 0.05) is 0 Å². The highest BCUT2D eigenvalue weighted by atomic mass is 16.5. The van der Waals surface area contributed by atoms with Gasteiger partial charge in [-0.2, -0.15) is 0 Å². The van der Waals surface area contributed by atoms with Crippen LogP contribution in [-0.2, 0) is 11.3 Å². The van der Waals surface area contributed by atoms with Gasteiger partial charge in [0.2, 0.25) is 0 Å². The molecule has 1 aromatic rings. The monoisotopic (exact) mass is 218 g/mol. The van der Waals surface area contributed by atoms with Crippen molar-refractivity contribution in [2.24, 2.45) is 0 Å². The molecule has 1 rings (SSSR count). The summed E-state index contributed by atoms with van der Waals surface area (Å²) in [5, 5.41) is 8.75. The van der Waals surface area contributed by atoms with Gasteiger partial charge in [0.15, 0.2) is 0 Å². The van der Waals surface area contributed by atoms with Crippen LogP contribution in [0.5, 0.6) is 0 Å². The maximum atomic E-state index is 8.75. The molecule has 0 aliphatic rings. The molecule has 0 bridgehead atoms. The third-order valence-electron chi connectivity index (χ3n) is 2.18. The largest absolute Gasteiger partial charge is 0.497 e. The van der Waals surface area contributed by atoms with E-state index < -0.39 is 0 Å². The summed E-state index contributed by atoms with van der Waals surface area (Å²) >= 11 is 0. The molecule has 0 aromatic heterocycles. The Hall–Kier alpha value is -1.54. The summed E-state index contributed by atoms with van der Waals surface area (Å²) in [6.07, 6.45) is 5.26. The normalized spacial score (nSPS) is 12.1. The van der Waals surface area contributed by atoms with Gasteiger partial charge < -0.3 is 9.84 Å². The van der Waals surface area contributed by atoms with Crippen LogP contribution in [0, 0.1) is 6.92 Å². The van der Waals surface area contributed by atoms with Crippen molar-refractivity contribution in [2.75, 3.05) is 6.61 Å². The maximum Gasteiger partial charge on any atom is 0.112 e. The number of ether oxygens (including phenoxy) is 1. The van der Waals surface area contributed by atoms with Crippen LogP contribution in [0.4, 0.5) is 0 Å². The first kappa shape index (κ1) is 12.5. The minimum absolute atomic E-state index is 0.0856. The van der Waals surface area contributed by atoms with Crippen LogP contribution in [-0.4, -0.2) is 11.7 Å². The second-order valence-electron chi connectivity index (χ2n) is 3.80. The molecular formula is C14H18O2. The Balaban J connectivity index is 2.33. The highest BCUT2D eigenvalue weighted by molar-refractivity contribution is 5.20. The third kappa shape index (κ3) is 4.80. The van der Waals surface area contributed by atoms with E-state index in [1.807, 2.05) is 13.0 Å². The molecule has 0 aliphatic heterocycles. The minimum Gasteiger partial charge on any atom is -0.497 e. The van der Waals surface area contributed by atoms with Crippen molar-refractivity contribution in [3.05, 3.63) is 59.4 Å². The fourth-order valence-corrected chi connectivity index (χ4v) is 1.14. The molecule has 0 amide bonds. The Morgan fingerprint density at radius 3 is 2.62 bits per heavy atom. The zero-order valence-electron chi connectivity index (χ0n) is 9.81.